The van der Waals surface area contributed by atoms with Crippen molar-refractivity contribution in [1.82, 2.24) is 4.98 Å². The standard InChI is InChI=1S/C10H8N2O4S2/c13-10(14)7-4-8(6-11-5-7)12-18(15,16)9-2-1-3-17-9/h1-6,12H,(H,13,14)/p-1. The Labute approximate surface area is 107 Å². The summed E-state index contributed by atoms with van der Waals surface area (Å²) >= 11 is 1.06. The fourth-order valence-electron chi connectivity index (χ4n) is 1.23. The minimum atomic E-state index is -3.70. The first-order chi connectivity index (χ1) is 8.49. The number of rotatable bonds is 4. The van der Waals surface area contributed by atoms with E-state index in [-0.39, 0.29) is 15.5 Å². The summed E-state index contributed by atoms with van der Waals surface area (Å²) in [6.45, 7) is 0. The number of pyridine rings is 1. The third kappa shape index (κ3) is 2.66. The van der Waals surface area contributed by atoms with Gasteiger partial charge in [-0.15, -0.1) is 11.3 Å². The molecule has 8 heteroatoms. The van der Waals surface area contributed by atoms with Gasteiger partial charge < -0.3 is 9.90 Å². The Morgan fingerprint density at radius 2 is 2.17 bits per heavy atom. The smallest absolute Gasteiger partial charge is 0.271 e. The van der Waals surface area contributed by atoms with Crippen LogP contribution in [0, 0.1) is 0 Å². The highest BCUT2D eigenvalue weighted by Gasteiger charge is 2.15. The average Bonchev–Trinajstić information content (AvgIpc) is 2.82. The van der Waals surface area contributed by atoms with Crippen LogP contribution in [-0.2, 0) is 10.0 Å². The van der Waals surface area contributed by atoms with Crippen LogP contribution in [0.25, 0.3) is 0 Å². The van der Waals surface area contributed by atoms with Crippen molar-refractivity contribution in [3.63, 3.8) is 0 Å². The number of carbonyl (C=O) groups excluding carboxylic acids is 1. The molecule has 0 saturated carbocycles. The van der Waals surface area contributed by atoms with Crippen molar-refractivity contribution in [3.8, 4) is 0 Å². The molecule has 0 spiro atoms. The Balaban J connectivity index is 2.30. The van der Waals surface area contributed by atoms with E-state index in [1.807, 2.05) is 0 Å². The van der Waals surface area contributed by atoms with E-state index in [1.54, 1.807) is 11.4 Å². The van der Waals surface area contributed by atoms with Crippen molar-refractivity contribution in [3.05, 3.63) is 41.5 Å². The van der Waals surface area contributed by atoms with Crippen LogP contribution in [0.3, 0.4) is 0 Å². The van der Waals surface area contributed by atoms with Gasteiger partial charge in [-0.1, -0.05) is 6.07 Å². The van der Waals surface area contributed by atoms with Crippen LogP contribution in [0.15, 0.2) is 40.2 Å². The van der Waals surface area contributed by atoms with E-state index in [1.165, 1.54) is 12.3 Å². The first kappa shape index (κ1) is 12.5. The van der Waals surface area contributed by atoms with Gasteiger partial charge in [-0.3, -0.25) is 9.71 Å². The summed E-state index contributed by atoms with van der Waals surface area (Å²) in [5.74, 6) is -1.42. The van der Waals surface area contributed by atoms with Gasteiger partial charge in [0.15, 0.2) is 0 Å². The number of hydrogen-bond donors (Lipinski definition) is 1. The highest BCUT2D eigenvalue weighted by molar-refractivity contribution is 7.94. The normalized spacial score (nSPS) is 11.1. The van der Waals surface area contributed by atoms with Gasteiger partial charge in [0.1, 0.15) is 4.21 Å². The van der Waals surface area contributed by atoms with Gasteiger partial charge in [0.05, 0.1) is 17.9 Å². The third-order valence-electron chi connectivity index (χ3n) is 1.99. The van der Waals surface area contributed by atoms with E-state index in [0.29, 0.717) is 0 Å². The maximum absolute atomic E-state index is 11.9. The number of aromatic carboxylic acids is 1. The van der Waals surface area contributed by atoms with Crippen LogP contribution >= 0.6 is 11.3 Å². The first-order valence-electron chi connectivity index (χ1n) is 4.72. The van der Waals surface area contributed by atoms with Gasteiger partial charge in [0.25, 0.3) is 10.0 Å². The summed E-state index contributed by atoms with van der Waals surface area (Å²) in [6.07, 6.45) is 2.30. The quantitative estimate of drug-likeness (QED) is 0.870. The van der Waals surface area contributed by atoms with E-state index in [4.69, 9.17) is 0 Å². The lowest BCUT2D eigenvalue weighted by atomic mass is 10.3. The molecule has 0 aromatic carbocycles. The zero-order chi connectivity index (χ0) is 13.2. The number of sulfonamides is 1. The minimum Gasteiger partial charge on any atom is -0.545 e. The number of anilines is 1. The van der Waals surface area contributed by atoms with Gasteiger partial charge in [-0.05, 0) is 17.5 Å². The highest BCUT2D eigenvalue weighted by atomic mass is 32.2. The number of carboxylic acids is 1. The fourth-order valence-corrected chi connectivity index (χ4v) is 3.26. The highest BCUT2D eigenvalue weighted by Crippen LogP contribution is 2.20. The Bertz CT molecular complexity index is 665. The number of thiophene rings is 1. The molecule has 0 amide bonds. The Morgan fingerprint density at radius 1 is 1.39 bits per heavy atom. The summed E-state index contributed by atoms with van der Waals surface area (Å²) in [7, 11) is -3.70. The molecule has 6 nitrogen and oxygen atoms in total. The van der Waals surface area contributed by atoms with Gasteiger partial charge in [-0.2, -0.15) is 0 Å². The maximum atomic E-state index is 11.9. The van der Waals surface area contributed by atoms with Crippen LogP contribution in [0.2, 0.25) is 0 Å². The monoisotopic (exact) mass is 283 g/mol. The fraction of sp³-hybridized carbons (Fsp3) is 0. The predicted octanol–water partition coefficient (Wildman–Crippen LogP) is 0.307. The number of carbonyl (C=O) groups is 1. The van der Waals surface area contributed by atoms with E-state index >= 15 is 0 Å². The number of aromatic nitrogens is 1. The average molecular weight is 283 g/mol. The zero-order valence-electron chi connectivity index (χ0n) is 8.86. The van der Waals surface area contributed by atoms with Crippen LogP contribution in [0.1, 0.15) is 10.4 Å². The molecule has 1 N–H and O–H groups in total. The van der Waals surface area contributed by atoms with Gasteiger partial charge in [0, 0.05) is 11.8 Å². The van der Waals surface area contributed by atoms with Gasteiger partial charge >= 0.3 is 0 Å². The van der Waals surface area contributed by atoms with Crippen molar-refractivity contribution in [2.45, 2.75) is 4.21 Å². The predicted molar refractivity (Wildman–Crippen MR) is 63.7 cm³/mol. The Hall–Kier alpha value is -1.93. The van der Waals surface area contributed by atoms with Gasteiger partial charge in [-0.25, -0.2) is 8.42 Å². The lowest BCUT2D eigenvalue weighted by Crippen LogP contribution is -2.22. The van der Waals surface area contributed by atoms with E-state index in [0.717, 1.165) is 23.6 Å². The summed E-state index contributed by atoms with van der Waals surface area (Å²) in [6, 6.07) is 4.20. The van der Waals surface area contributed by atoms with E-state index in [2.05, 4.69) is 9.71 Å². The molecule has 2 aromatic rings. The van der Waals surface area contributed by atoms with Crippen molar-refractivity contribution in [2.24, 2.45) is 0 Å². The molecule has 0 unspecified atom stereocenters. The summed E-state index contributed by atoms with van der Waals surface area (Å²) < 4.78 is 26.1. The second-order valence-corrected chi connectivity index (χ2v) is 6.14. The molecule has 0 bridgehead atoms. The molecule has 0 aliphatic carbocycles. The van der Waals surface area contributed by atoms with Crippen LogP contribution in [0.4, 0.5) is 5.69 Å². The van der Waals surface area contributed by atoms with Crippen LogP contribution in [-0.4, -0.2) is 19.4 Å². The Morgan fingerprint density at radius 3 is 2.78 bits per heavy atom. The van der Waals surface area contributed by atoms with E-state index < -0.39 is 16.0 Å². The lowest BCUT2D eigenvalue weighted by molar-refractivity contribution is -0.255. The van der Waals surface area contributed by atoms with E-state index in [9.17, 15) is 18.3 Å². The lowest BCUT2D eigenvalue weighted by Gasteiger charge is -2.07. The summed E-state index contributed by atoms with van der Waals surface area (Å²) in [4.78, 5) is 14.2. The molecule has 0 aliphatic rings. The molecule has 0 fully saturated rings. The molecular formula is C10H7N2O4S2-. The molecule has 2 aromatic heterocycles. The van der Waals surface area contributed by atoms with Crippen molar-refractivity contribution < 1.29 is 18.3 Å². The second kappa shape index (κ2) is 4.75. The molecule has 0 saturated heterocycles. The van der Waals surface area contributed by atoms with Gasteiger partial charge in [0.2, 0.25) is 0 Å². The maximum Gasteiger partial charge on any atom is 0.271 e. The largest absolute Gasteiger partial charge is 0.545 e. The van der Waals surface area contributed by atoms with Crippen LogP contribution < -0.4 is 9.83 Å². The minimum absolute atomic E-state index is 0.0742. The van der Waals surface area contributed by atoms with Crippen molar-refractivity contribution >= 4 is 33.0 Å². The Kier molecular flexibility index (Phi) is 3.30. The molecule has 2 rings (SSSR count). The second-order valence-electron chi connectivity index (χ2n) is 3.29. The topological polar surface area (TPSA) is 99.2 Å². The summed E-state index contributed by atoms with van der Waals surface area (Å²) in [5, 5.41) is 12.3. The number of nitrogens with one attached hydrogen (secondary N) is 1. The molecule has 0 aliphatic heterocycles. The number of hydrogen-bond acceptors (Lipinski definition) is 6. The SMILES string of the molecule is O=C([O-])c1cncc(NS(=O)(=O)c2cccs2)c1. The van der Waals surface area contributed by atoms with Crippen LogP contribution in [0.5, 0.6) is 0 Å². The molecular weight excluding hydrogens is 276 g/mol. The summed E-state index contributed by atoms with van der Waals surface area (Å²) in [5.41, 5.74) is -0.119. The molecule has 0 radical (unpaired) electrons. The molecule has 18 heavy (non-hydrogen) atoms. The first-order valence-corrected chi connectivity index (χ1v) is 7.08. The van der Waals surface area contributed by atoms with Crippen molar-refractivity contribution in [2.75, 3.05) is 4.72 Å². The van der Waals surface area contributed by atoms with Crippen molar-refractivity contribution in [1.29, 1.82) is 0 Å². The molecule has 94 valence electrons. The third-order valence-corrected chi connectivity index (χ3v) is 4.76. The number of nitrogens with zero attached hydrogens (tertiary/aromatic N) is 1. The number of carboxylic acid groups (broad SMARTS) is 1. The molecule has 0 atom stereocenters. The zero-order valence-corrected chi connectivity index (χ0v) is 10.5. The molecule has 2 heterocycles.